The first-order valence-electron chi connectivity index (χ1n) is 18.8. The molecule has 4 aliphatic heterocycles. The van der Waals surface area contributed by atoms with Crippen LogP contribution in [0.15, 0.2) is 72.8 Å². The van der Waals surface area contributed by atoms with Crippen molar-refractivity contribution in [2.75, 3.05) is 60.7 Å². The van der Waals surface area contributed by atoms with E-state index in [2.05, 4.69) is 33.6 Å². The number of methoxy groups -OCH3 is 1. The lowest BCUT2D eigenvalue weighted by molar-refractivity contribution is -0.138. The lowest BCUT2D eigenvalue weighted by Gasteiger charge is -2.27. The van der Waals surface area contributed by atoms with Crippen LogP contribution in [0.1, 0.15) is 34.5 Å². The summed E-state index contributed by atoms with van der Waals surface area (Å²) < 4.78 is 26.7. The number of aliphatic hydroxyl groups is 2. The van der Waals surface area contributed by atoms with Crippen LogP contribution >= 0.6 is 11.6 Å². The molecule has 8 rings (SSSR count). The molecule has 304 valence electrons. The van der Waals surface area contributed by atoms with Crippen LogP contribution in [-0.4, -0.2) is 132 Å². The Bertz CT molecular complexity index is 2400. The van der Waals surface area contributed by atoms with Gasteiger partial charge in [0, 0.05) is 86.5 Å². The molecule has 4 aromatic rings. The number of pyridine rings is 2. The monoisotopic (exact) mass is 820 g/mol. The van der Waals surface area contributed by atoms with E-state index in [1.54, 1.807) is 44.4 Å². The van der Waals surface area contributed by atoms with Crippen LogP contribution in [0.3, 0.4) is 0 Å². The number of hydrogen-bond acceptors (Lipinski definition) is 12. The number of ether oxygens (including phenoxy) is 5. The summed E-state index contributed by atoms with van der Waals surface area (Å²) in [4.78, 5) is 48.0. The van der Waals surface area contributed by atoms with Gasteiger partial charge >= 0.3 is 5.97 Å². The average Bonchev–Trinajstić information content (AvgIpc) is 3.63. The fourth-order valence-corrected chi connectivity index (χ4v) is 6.57. The molecule has 14 nitrogen and oxygen atoms in total. The van der Waals surface area contributed by atoms with Gasteiger partial charge in [0.15, 0.2) is 5.69 Å². The first kappa shape index (κ1) is 41.2. The van der Waals surface area contributed by atoms with Crippen LogP contribution < -0.4 is 9.47 Å². The Hall–Kier alpha value is -6.00. The van der Waals surface area contributed by atoms with Gasteiger partial charge in [0.2, 0.25) is 11.2 Å². The zero-order valence-electron chi connectivity index (χ0n) is 32.6. The normalized spacial score (nSPS) is 21.2. The molecular formula is C44H41ClN4O10. The number of nitrogens with zero attached hydrogens (tertiary/aromatic N) is 4. The molecule has 4 saturated heterocycles. The predicted molar refractivity (Wildman–Crippen MR) is 214 cm³/mol. The van der Waals surface area contributed by atoms with Crippen LogP contribution in [0.5, 0.6) is 11.5 Å². The number of hydrogen-bond donors (Lipinski definition) is 2. The Labute approximate surface area is 346 Å². The summed E-state index contributed by atoms with van der Waals surface area (Å²) in [5.74, 6) is 11.0. The Morgan fingerprint density at radius 3 is 1.64 bits per heavy atom. The molecule has 2 N–H and O–H groups in total. The fraction of sp³-hybridized carbons (Fsp3) is 0.341. The second-order valence-corrected chi connectivity index (χ2v) is 14.9. The summed E-state index contributed by atoms with van der Waals surface area (Å²) in [5.41, 5.74) is 0.794. The summed E-state index contributed by atoms with van der Waals surface area (Å²) in [5, 5.41) is 21.3. The SMILES string of the molecule is CN1CC[C@@](O)(C#Cc2cccc(-c3cc(OC4COC4)cc(Cl)n3)c2)C1=O.COC(=O)c1cc(OC2COC2)cc(-c2cccc(C#C[C@]3(O)CCN(C)C3=O)c2)n1. The second-order valence-electron chi connectivity index (χ2n) is 14.5. The molecule has 2 aromatic heterocycles. The standard InChI is InChI=1S/C23H22N2O6.C21H19ClN2O4/c1-25-9-8-23(28,22(25)27)7-6-15-4-3-5-16(10-15)19-11-17(31-18-13-30-14-18)12-20(24-19)21(26)29-2;1-24-8-7-21(26,20(24)25)6-5-14-3-2-4-15(9-14)18-10-16(11-19(22)23-18)28-17-12-27-13-17/h3-5,10-12,18,28H,8-9,13-14H2,1-2H3;2-4,9-11,17,26H,7-8,12-13H2,1H3/t23-;21-/m00/s1. The molecular weight excluding hydrogens is 780 g/mol. The van der Waals surface area contributed by atoms with Crippen LogP contribution in [0.25, 0.3) is 22.5 Å². The summed E-state index contributed by atoms with van der Waals surface area (Å²) in [6, 6.07) is 21.3. The van der Waals surface area contributed by atoms with Crippen molar-refractivity contribution in [2.45, 2.75) is 36.3 Å². The van der Waals surface area contributed by atoms with Crippen molar-refractivity contribution in [3.8, 4) is 57.7 Å². The van der Waals surface area contributed by atoms with Crippen molar-refractivity contribution in [2.24, 2.45) is 0 Å². The topological polar surface area (TPSA) is 170 Å². The summed E-state index contributed by atoms with van der Waals surface area (Å²) in [6.07, 6.45) is 0.534. The first-order valence-corrected chi connectivity index (χ1v) is 19.2. The highest BCUT2D eigenvalue weighted by molar-refractivity contribution is 6.29. The Balaban J connectivity index is 0.000000180. The van der Waals surface area contributed by atoms with Gasteiger partial charge in [-0.05, 0) is 24.3 Å². The molecule has 4 fully saturated rings. The maximum Gasteiger partial charge on any atom is 0.356 e. The minimum atomic E-state index is -1.67. The minimum Gasteiger partial charge on any atom is -0.485 e. The number of rotatable bonds is 7. The average molecular weight is 821 g/mol. The van der Waals surface area contributed by atoms with Crippen molar-refractivity contribution < 1.29 is 48.3 Å². The zero-order valence-corrected chi connectivity index (χ0v) is 33.3. The number of halogens is 1. The first-order chi connectivity index (χ1) is 28.3. The van der Waals surface area contributed by atoms with Crippen molar-refractivity contribution >= 4 is 29.4 Å². The van der Waals surface area contributed by atoms with Gasteiger partial charge in [-0.15, -0.1) is 0 Å². The Morgan fingerprint density at radius 2 is 1.22 bits per heavy atom. The van der Waals surface area contributed by atoms with E-state index in [1.807, 2.05) is 36.4 Å². The second kappa shape index (κ2) is 17.5. The molecule has 0 spiro atoms. The number of amides is 2. The van der Waals surface area contributed by atoms with E-state index in [4.69, 9.17) is 35.3 Å². The van der Waals surface area contributed by atoms with Gasteiger partial charge in [-0.3, -0.25) is 9.59 Å². The van der Waals surface area contributed by atoms with Crippen LogP contribution in [0.2, 0.25) is 5.15 Å². The third-order valence-electron chi connectivity index (χ3n) is 9.94. The highest BCUT2D eigenvalue weighted by atomic mass is 35.5. The molecule has 0 aliphatic carbocycles. The van der Waals surface area contributed by atoms with E-state index < -0.39 is 23.1 Å². The molecule has 0 radical (unpaired) electrons. The molecule has 6 heterocycles. The fourth-order valence-electron chi connectivity index (χ4n) is 6.37. The Morgan fingerprint density at radius 1 is 0.746 bits per heavy atom. The number of benzene rings is 2. The number of carbonyl (C=O) groups excluding carboxylic acids is 3. The lowest BCUT2D eigenvalue weighted by Crippen LogP contribution is -2.38. The molecule has 2 amide bonds. The van der Waals surface area contributed by atoms with Crippen molar-refractivity contribution in [1.29, 1.82) is 0 Å². The van der Waals surface area contributed by atoms with E-state index in [1.165, 1.54) is 23.0 Å². The number of esters is 1. The van der Waals surface area contributed by atoms with Gasteiger partial charge < -0.3 is 43.7 Å². The highest BCUT2D eigenvalue weighted by Gasteiger charge is 2.43. The predicted octanol–water partition coefficient (Wildman–Crippen LogP) is 3.38. The molecule has 2 aromatic carbocycles. The summed E-state index contributed by atoms with van der Waals surface area (Å²) in [7, 11) is 4.58. The van der Waals surface area contributed by atoms with Gasteiger partial charge in [-0.2, -0.15) is 0 Å². The van der Waals surface area contributed by atoms with E-state index in [9.17, 15) is 24.6 Å². The summed E-state index contributed by atoms with van der Waals surface area (Å²) >= 11 is 6.15. The van der Waals surface area contributed by atoms with Gasteiger partial charge in [0.1, 0.15) is 28.9 Å². The quantitative estimate of drug-likeness (QED) is 0.159. The lowest BCUT2D eigenvalue weighted by atomic mass is 10.0. The van der Waals surface area contributed by atoms with E-state index >= 15 is 0 Å². The van der Waals surface area contributed by atoms with E-state index in [0.29, 0.717) is 90.7 Å². The Kier molecular flexibility index (Phi) is 12.2. The molecule has 2 atom stereocenters. The zero-order chi connectivity index (χ0) is 41.7. The number of likely N-dealkylation sites (N-methyl/N-ethyl adjacent to an activating group) is 2. The van der Waals surface area contributed by atoms with Gasteiger partial charge in [-0.25, -0.2) is 14.8 Å². The van der Waals surface area contributed by atoms with Crippen molar-refractivity contribution in [3.05, 3.63) is 94.8 Å². The van der Waals surface area contributed by atoms with Crippen LogP contribution in [-0.2, 0) is 23.8 Å². The molecule has 59 heavy (non-hydrogen) atoms. The number of likely N-dealkylation sites (tertiary alicyclic amines) is 2. The highest BCUT2D eigenvalue weighted by Crippen LogP contribution is 2.29. The summed E-state index contributed by atoms with van der Waals surface area (Å²) in [6.45, 7) is 3.07. The van der Waals surface area contributed by atoms with Crippen molar-refractivity contribution in [3.63, 3.8) is 0 Å². The third kappa shape index (κ3) is 9.66. The van der Waals surface area contributed by atoms with Crippen LogP contribution in [0, 0.1) is 23.7 Å². The smallest absolute Gasteiger partial charge is 0.356 e. The molecule has 0 saturated carbocycles. The maximum absolute atomic E-state index is 12.1. The van der Waals surface area contributed by atoms with Gasteiger partial charge in [0.05, 0.1) is 44.9 Å². The number of carbonyl (C=O) groups is 3. The molecule has 4 aliphatic rings. The van der Waals surface area contributed by atoms with Gasteiger partial charge in [-0.1, -0.05) is 59.5 Å². The molecule has 15 heteroatoms. The third-order valence-corrected chi connectivity index (χ3v) is 10.1. The number of aromatic nitrogens is 2. The van der Waals surface area contributed by atoms with E-state index in [0.717, 1.165) is 5.56 Å². The largest absolute Gasteiger partial charge is 0.485 e. The van der Waals surface area contributed by atoms with Crippen molar-refractivity contribution in [1.82, 2.24) is 19.8 Å². The van der Waals surface area contributed by atoms with Crippen LogP contribution in [0.4, 0.5) is 0 Å². The molecule has 0 bridgehead atoms. The van der Waals surface area contributed by atoms with Gasteiger partial charge in [0.25, 0.3) is 11.8 Å². The molecule has 0 unspecified atom stereocenters. The maximum atomic E-state index is 12.1. The van der Waals surface area contributed by atoms with E-state index in [-0.39, 0.29) is 30.2 Å². The minimum absolute atomic E-state index is 0.0336.